The van der Waals surface area contributed by atoms with Crippen molar-refractivity contribution < 1.29 is 33.5 Å². The molecule has 0 aliphatic heterocycles. The maximum absolute atomic E-state index is 11.7. The third-order valence-corrected chi connectivity index (χ3v) is 3.69. The summed E-state index contributed by atoms with van der Waals surface area (Å²) in [5.41, 5.74) is -1.59. The monoisotopic (exact) mass is 361 g/mol. The zero-order valence-corrected chi connectivity index (χ0v) is 15.1. The molecule has 0 amide bonds. The molecule has 0 aromatic carbocycles. The number of ether oxygens (including phenoxy) is 3. The summed E-state index contributed by atoms with van der Waals surface area (Å²) in [4.78, 5) is 45.9. The Kier molecular flexibility index (Phi) is 11.1. The Hall–Kier alpha value is -2.19. The number of nitrogens with zero attached hydrogens (tertiary/aromatic N) is 1. The lowest BCUT2D eigenvalue weighted by Gasteiger charge is -2.24. The van der Waals surface area contributed by atoms with Gasteiger partial charge in [-0.05, 0) is 20.8 Å². The molecule has 144 valence electrons. The highest BCUT2D eigenvalue weighted by Crippen LogP contribution is 2.30. The predicted molar refractivity (Wildman–Crippen MR) is 87.3 cm³/mol. The molecule has 0 aliphatic carbocycles. The molecule has 0 aromatic rings. The first-order valence-corrected chi connectivity index (χ1v) is 8.42. The van der Waals surface area contributed by atoms with Crippen molar-refractivity contribution in [3.05, 3.63) is 10.1 Å². The Morgan fingerprint density at radius 3 is 1.24 bits per heavy atom. The zero-order chi connectivity index (χ0) is 19.3. The van der Waals surface area contributed by atoms with Crippen molar-refractivity contribution in [3.8, 4) is 0 Å². The Bertz CT molecular complexity index is 408. The lowest BCUT2D eigenvalue weighted by atomic mass is 9.84. The molecule has 0 spiro atoms. The van der Waals surface area contributed by atoms with Crippen LogP contribution in [0.15, 0.2) is 0 Å². The van der Waals surface area contributed by atoms with E-state index in [4.69, 9.17) is 14.2 Å². The summed E-state index contributed by atoms with van der Waals surface area (Å²) in [5, 5.41) is 11.7. The maximum Gasteiger partial charge on any atom is 0.306 e. The molecular formula is C16H27NO8. The average Bonchev–Trinajstić information content (AvgIpc) is 2.55. The zero-order valence-electron chi connectivity index (χ0n) is 15.1. The molecule has 9 heteroatoms. The van der Waals surface area contributed by atoms with Crippen LogP contribution in [0.5, 0.6) is 0 Å². The van der Waals surface area contributed by atoms with Crippen LogP contribution >= 0.6 is 0 Å². The minimum absolute atomic E-state index is 0.127. The van der Waals surface area contributed by atoms with Crippen LogP contribution in [0.25, 0.3) is 0 Å². The van der Waals surface area contributed by atoms with Crippen molar-refractivity contribution in [2.24, 2.45) is 0 Å². The molecule has 0 bridgehead atoms. The maximum atomic E-state index is 11.7. The summed E-state index contributed by atoms with van der Waals surface area (Å²) in [6.45, 7) is 5.45. The van der Waals surface area contributed by atoms with Gasteiger partial charge in [-0.2, -0.15) is 0 Å². The van der Waals surface area contributed by atoms with Crippen LogP contribution in [0, 0.1) is 10.1 Å². The van der Waals surface area contributed by atoms with Crippen molar-refractivity contribution in [1.29, 1.82) is 0 Å². The van der Waals surface area contributed by atoms with Crippen molar-refractivity contribution in [1.82, 2.24) is 0 Å². The molecule has 0 aliphatic rings. The van der Waals surface area contributed by atoms with E-state index in [-0.39, 0.29) is 58.3 Å². The topological polar surface area (TPSA) is 122 Å². The molecule has 0 saturated heterocycles. The highest BCUT2D eigenvalue weighted by molar-refractivity contribution is 5.71. The number of esters is 3. The van der Waals surface area contributed by atoms with E-state index in [9.17, 15) is 24.5 Å². The van der Waals surface area contributed by atoms with Crippen LogP contribution in [-0.4, -0.2) is 48.2 Å². The third-order valence-electron chi connectivity index (χ3n) is 3.69. The number of carbonyl (C=O) groups excluding carboxylic acids is 3. The van der Waals surface area contributed by atoms with Gasteiger partial charge in [-0.3, -0.25) is 24.5 Å². The molecule has 0 unspecified atom stereocenters. The van der Waals surface area contributed by atoms with Gasteiger partial charge in [0.25, 0.3) is 0 Å². The van der Waals surface area contributed by atoms with Crippen LogP contribution in [0.1, 0.15) is 59.3 Å². The van der Waals surface area contributed by atoms with Crippen molar-refractivity contribution in [3.63, 3.8) is 0 Å². The molecule has 25 heavy (non-hydrogen) atoms. The second kappa shape index (κ2) is 12.2. The van der Waals surface area contributed by atoms with Gasteiger partial charge in [0.15, 0.2) is 0 Å². The Labute approximate surface area is 147 Å². The number of hydrogen-bond donors (Lipinski definition) is 0. The number of carbonyl (C=O) groups is 3. The standard InChI is InChI=1S/C16H27NO8/c1-4-23-13(18)7-10-16(17(21)22,11-8-14(19)24-5-2)12-9-15(20)25-6-3/h4-12H2,1-3H3. The highest BCUT2D eigenvalue weighted by atomic mass is 16.6. The van der Waals surface area contributed by atoms with Gasteiger partial charge in [-0.1, -0.05) is 0 Å². The molecule has 0 N–H and O–H groups in total. The SMILES string of the molecule is CCOC(=O)CCC(CCC(=O)OCC)(CCC(=O)OCC)[N+](=O)[O-]. The summed E-state index contributed by atoms with van der Waals surface area (Å²) in [7, 11) is 0. The molecule has 0 atom stereocenters. The Balaban J connectivity index is 5.09. The quantitative estimate of drug-likeness (QED) is 0.211. The summed E-state index contributed by atoms with van der Waals surface area (Å²) in [5.74, 6) is -1.66. The molecule has 0 radical (unpaired) electrons. The largest absolute Gasteiger partial charge is 0.466 e. The molecule has 0 rings (SSSR count). The van der Waals surface area contributed by atoms with Gasteiger partial charge in [-0.15, -0.1) is 0 Å². The number of rotatable bonds is 13. The fourth-order valence-corrected chi connectivity index (χ4v) is 2.35. The van der Waals surface area contributed by atoms with E-state index >= 15 is 0 Å². The summed E-state index contributed by atoms with van der Waals surface area (Å²) >= 11 is 0. The van der Waals surface area contributed by atoms with Crippen LogP contribution in [0.3, 0.4) is 0 Å². The van der Waals surface area contributed by atoms with E-state index < -0.39 is 28.4 Å². The number of nitro groups is 1. The smallest absolute Gasteiger partial charge is 0.306 e. The van der Waals surface area contributed by atoms with Crippen molar-refractivity contribution in [2.75, 3.05) is 19.8 Å². The predicted octanol–water partition coefficient (Wildman–Crippen LogP) is 2.03. The fraction of sp³-hybridized carbons (Fsp3) is 0.812. The van der Waals surface area contributed by atoms with Gasteiger partial charge in [0.05, 0.1) is 39.1 Å². The normalized spacial score (nSPS) is 10.8. The van der Waals surface area contributed by atoms with Crippen LogP contribution in [0.2, 0.25) is 0 Å². The first-order chi connectivity index (χ1) is 11.8. The van der Waals surface area contributed by atoms with Gasteiger partial charge in [0.1, 0.15) is 0 Å². The summed E-state index contributed by atoms with van der Waals surface area (Å²) in [6, 6.07) is 0. The summed E-state index contributed by atoms with van der Waals surface area (Å²) in [6.07, 6.45) is -0.881. The second-order valence-corrected chi connectivity index (χ2v) is 5.40. The molecule has 0 aromatic heterocycles. The van der Waals surface area contributed by atoms with Crippen LogP contribution in [-0.2, 0) is 28.6 Å². The number of hydrogen-bond acceptors (Lipinski definition) is 8. The third kappa shape index (κ3) is 9.02. The van der Waals surface area contributed by atoms with E-state index in [1.807, 2.05) is 0 Å². The summed E-state index contributed by atoms with van der Waals surface area (Å²) < 4.78 is 14.4. The molecule has 0 heterocycles. The highest BCUT2D eigenvalue weighted by Gasteiger charge is 2.43. The van der Waals surface area contributed by atoms with Crippen molar-refractivity contribution in [2.45, 2.75) is 64.8 Å². The molecular weight excluding hydrogens is 334 g/mol. The van der Waals surface area contributed by atoms with Gasteiger partial charge < -0.3 is 14.2 Å². The van der Waals surface area contributed by atoms with Crippen LogP contribution < -0.4 is 0 Å². The Morgan fingerprint density at radius 1 is 0.760 bits per heavy atom. The minimum Gasteiger partial charge on any atom is -0.466 e. The minimum atomic E-state index is -1.59. The van der Waals surface area contributed by atoms with Gasteiger partial charge >= 0.3 is 17.9 Å². The lowest BCUT2D eigenvalue weighted by molar-refractivity contribution is -0.573. The van der Waals surface area contributed by atoms with Gasteiger partial charge in [-0.25, -0.2) is 0 Å². The van der Waals surface area contributed by atoms with E-state index in [1.54, 1.807) is 20.8 Å². The van der Waals surface area contributed by atoms with Crippen molar-refractivity contribution >= 4 is 17.9 Å². The van der Waals surface area contributed by atoms with E-state index in [2.05, 4.69) is 0 Å². The average molecular weight is 361 g/mol. The fourth-order valence-electron chi connectivity index (χ4n) is 2.35. The van der Waals surface area contributed by atoms with Gasteiger partial charge in [0.2, 0.25) is 5.54 Å². The molecule has 9 nitrogen and oxygen atoms in total. The Morgan fingerprint density at radius 2 is 1.04 bits per heavy atom. The van der Waals surface area contributed by atoms with E-state index in [0.717, 1.165) is 0 Å². The first kappa shape index (κ1) is 22.8. The van der Waals surface area contributed by atoms with E-state index in [1.165, 1.54) is 0 Å². The van der Waals surface area contributed by atoms with E-state index in [0.29, 0.717) is 0 Å². The van der Waals surface area contributed by atoms with Gasteiger partial charge in [0, 0.05) is 24.2 Å². The van der Waals surface area contributed by atoms with Crippen LogP contribution in [0.4, 0.5) is 0 Å². The molecule has 0 fully saturated rings. The molecule has 0 saturated carbocycles. The lowest BCUT2D eigenvalue weighted by Crippen LogP contribution is -2.40. The first-order valence-electron chi connectivity index (χ1n) is 8.42. The second-order valence-electron chi connectivity index (χ2n) is 5.40.